The Hall–Kier alpha value is -2.48. The van der Waals surface area contributed by atoms with Gasteiger partial charge in [-0.15, -0.1) is 0 Å². The smallest absolute Gasteiger partial charge is 0.230 e. The molecule has 0 spiro atoms. The number of carbonyl (C=O) groups excluding carboxylic acids is 1. The Morgan fingerprint density at radius 3 is 2.65 bits per heavy atom. The van der Waals surface area contributed by atoms with Gasteiger partial charge in [0.2, 0.25) is 5.91 Å². The van der Waals surface area contributed by atoms with Gasteiger partial charge in [-0.2, -0.15) is 5.10 Å². The molecule has 0 unspecified atom stereocenters. The number of halogens is 1. The molecule has 1 aromatic carbocycles. The van der Waals surface area contributed by atoms with Gasteiger partial charge in [0.1, 0.15) is 30.3 Å². The number of amides is 1. The summed E-state index contributed by atoms with van der Waals surface area (Å²) in [7, 11) is 1.58. The van der Waals surface area contributed by atoms with Crippen molar-refractivity contribution in [3.8, 4) is 5.75 Å². The third kappa shape index (κ3) is 5.67. The molecule has 7 nitrogen and oxygen atoms in total. The number of aromatic nitrogens is 3. The molecule has 1 aromatic heterocycles. The summed E-state index contributed by atoms with van der Waals surface area (Å²) in [5, 5.41) is 6.38. The minimum atomic E-state index is -0.318. The van der Waals surface area contributed by atoms with E-state index in [0.29, 0.717) is 37.9 Å². The van der Waals surface area contributed by atoms with E-state index >= 15 is 0 Å². The van der Waals surface area contributed by atoms with Crippen LogP contribution in [-0.2, 0) is 16.0 Å². The molecule has 0 aliphatic heterocycles. The van der Waals surface area contributed by atoms with E-state index in [1.54, 1.807) is 24.1 Å². The number of H-pyrrole nitrogens is 1. The van der Waals surface area contributed by atoms with Crippen LogP contribution < -0.4 is 4.74 Å². The molecular weight excluding hydrogens is 303 g/mol. The van der Waals surface area contributed by atoms with Gasteiger partial charge in [-0.3, -0.25) is 9.89 Å². The summed E-state index contributed by atoms with van der Waals surface area (Å²) in [4.78, 5) is 17.9. The number of hydrogen-bond donors (Lipinski definition) is 1. The second kappa shape index (κ2) is 8.84. The molecule has 0 radical (unpaired) electrons. The van der Waals surface area contributed by atoms with Crippen LogP contribution in [0.4, 0.5) is 4.39 Å². The second-order valence-corrected chi connectivity index (χ2v) is 4.78. The van der Waals surface area contributed by atoms with Crippen LogP contribution in [-0.4, -0.2) is 59.4 Å². The molecule has 0 saturated carbocycles. The minimum absolute atomic E-state index is 0.0958. The summed E-state index contributed by atoms with van der Waals surface area (Å²) >= 11 is 0. The number of benzene rings is 1. The number of rotatable bonds is 9. The van der Waals surface area contributed by atoms with Crippen molar-refractivity contribution < 1.29 is 18.7 Å². The molecule has 0 bridgehead atoms. The van der Waals surface area contributed by atoms with E-state index in [1.807, 2.05) is 0 Å². The summed E-state index contributed by atoms with van der Waals surface area (Å²) < 4.78 is 23.4. The van der Waals surface area contributed by atoms with Gasteiger partial charge in [-0.05, 0) is 24.3 Å². The maximum absolute atomic E-state index is 12.8. The van der Waals surface area contributed by atoms with E-state index in [4.69, 9.17) is 9.47 Å². The fraction of sp³-hybridized carbons (Fsp3) is 0.400. The summed E-state index contributed by atoms with van der Waals surface area (Å²) in [5.41, 5.74) is 0. The number of aromatic amines is 1. The Labute approximate surface area is 133 Å². The second-order valence-electron chi connectivity index (χ2n) is 4.78. The predicted octanol–water partition coefficient (Wildman–Crippen LogP) is 1.04. The van der Waals surface area contributed by atoms with Crippen LogP contribution in [0.15, 0.2) is 30.6 Å². The fourth-order valence-electron chi connectivity index (χ4n) is 1.94. The third-order valence-electron chi connectivity index (χ3n) is 3.15. The zero-order valence-corrected chi connectivity index (χ0v) is 12.9. The maximum Gasteiger partial charge on any atom is 0.230 e. The van der Waals surface area contributed by atoms with Crippen LogP contribution in [0.25, 0.3) is 0 Å². The number of hydrogen-bond acceptors (Lipinski definition) is 5. The van der Waals surface area contributed by atoms with E-state index < -0.39 is 0 Å². The van der Waals surface area contributed by atoms with Gasteiger partial charge in [0, 0.05) is 13.7 Å². The van der Waals surface area contributed by atoms with Crippen molar-refractivity contribution in [2.75, 3.05) is 33.4 Å². The van der Waals surface area contributed by atoms with E-state index in [-0.39, 0.29) is 18.1 Å². The van der Waals surface area contributed by atoms with Crippen molar-refractivity contribution in [2.45, 2.75) is 6.42 Å². The lowest BCUT2D eigenvalue weighted by molar-refractivity contribution is -0.131. The molecule has 1 heterocycles. The topological polar surface area (TPSA) is 80.3 Å². The average molecular weight is 322 g/mol. The summed E-state index contributed by atoms with van der Waals surface area (Å²) in [5.74, 6) is 0.653. The minimum Gasteiger partial charge on any atom is -0.492 e. The van der Waals surface area contributed by atoms with Crippen molar-refractivity contribution in [3.05, 3.63) is 42.2 Å². The molecule has 0 saturated heterocycles. The number of methoxy groups -OCH3 is 1. The van der Waals surface area contributed by atoms with Gasteiger partial charge in [-0.25, -0.2) is 9.37 Å². The number of nitrogens with one attached hydrogen (secondary N) is 1. The van der Waals surface area contributed by atoms with Crippen LogP contribution in [0.3, 0.4) is 0 Å². The molecule has 1 N–H and O–H groups in total. The molecular formula is C15H19FN4O3. The molecule has 1 amide bonds. The summed E-state index contributed by atoms with van der Waals surface area (Å²) in [6, 6.07) is 5.75. The maximum atomic E-state index is 12.8. The lowest BCUT2D eigenvalue weighted by atomic mass is 10.3. The number of carbonyl (C=O) groups is 1. The highest BCUT2D eigenvalue weighted by Gasteiger charge is 2.15. The van der Waals surface area contributed by atoms with E-state index in [0.717, 1.165) is 0 Å². The lowest BCUT2D eigenvalue weighted by Crippen LogP contribution is -2.38. The standard InChI is InChI=1S/C15H19FN4O3/c1-22-8-6-20(15(21)10-14-17-11-18-19-14)7-9-23-13-4-2-12(16)3-5-13/h2-5,11H,6-10H2,1H3,(H,17,18,19). The number of ether oxygens (including phenoxy) is 2. The average Bonchev–Trinajstić information content (AvgIpc) is 3.05. The molecule has 0 atom stereocenters. The SMILES string of the molecule is COCCN(CCOc1ccc(F)cc1)C(=O)Cc1ncn[nH]1. The molecule has 0 aliphatic rings. The van der Waals surface area contributed by atoms with Crippen molar-refractivity contribution in [1.82, 2.24) is 20.1 Å². The van der Waals surface area contributed by atoms with Gasteiger partial charge in [0.15, 0.2) is 0 Å². The third-order valence-corrected chi connectivity index (χ3v) is 3.15. The van der Waals surface area contributed by atoms with Crippen molar-refractivity contribution >= 4 is 5.91 Å². The Kier molecular flexibility index (Phi) is 6.49. The van der Waals surface area contributed by atoms with Crippen LogP contribution >= 0.6 is 0 Å². The van der Waals surface area contributed by atoms with E-state index in [1.165, 1.54) is 18.5 Å². The van der Waals surface area contributed by atoms with Crippen LogP contribution in [0.5, 0.6) is 5.75 Å². The first-order chi connectivity index (χ1) is 11.2. The van der Waals surface area contributed by atoms with Gasteiger partial charge >= 0.3 is 0 Å². The monoisotopic (exact) mass is 322 g/mol. The van der Waals surface area contributed by atoms with Crippen LogP contribution in [0, 0.1) is 5.82 Å². The Balaban J connectivity index is 1.84. The van der Waals surface area contributed by atoms with Crippen molar-refractivity contribution in [2.24, 2.45) is 0 Å². The first-order valence-electron chi connectivity index (χ1n) is 7.18. The molecule has 0 aliphatic carbocycles. The molecule has 124 valence electrons. The largest absolute Gasteiger partial charge is 0.492 e. The Bertz CT molecular complexity index is 589. The predicted molar refractivity (Wildman–Crippen MR) is 80.4 cm³/mol. The first kappa shape index (κ1) is 16.9. The molecule has 2 rings (SSSR count). The van der Waals surface area contributed by atoms with Gasteiger partial charge in [-0.1, -0.05) is 0 Å². The highest BCUT2D eigenvalue weighted by atomic mass is 19.1. The van der Waals surface area contributed by atoms with Crippen LogP contribution in [0.1, 0.15) is 5.82 Å². The summed E-state index contributed by atoms with van der Waals surface area (Å²) in [6.45, 7) is 1.58. The van der Waals surface area contributed by atoms with E-state index in [9.17, 15) is 9.18 Å². The quantitative estimate of drug-likeness (QED) is 0.746. The van der Waals surface area contributed by atoms with Crippen molar-refractivity contribution in [1.29, 1.82) is 0 Å². The van der Waals surface area contributed by atoms with E-state index in [2.05, 4.69) is 15.2 Å². The van der Waals surface area contributed by atoms with Crippen LogP contribution in [0.2, 0.25) is 0 Å². The van der Waals surface area contributed by atoms with Gasteiger partial charge in [0.25, 0.3) is 0 Å². The summed E-state index contributed by atoms with van der Waals surface area (Å²) in [6.07, 6.45) is 1.50. The highest BCUT2D eigenvalue weighted by Crippen LogP contribution is 2.11. The molecule has 23 heavy (non-hydrogen) atoms. The molecule has 0 fully saturated rings. The number of nitrogens with zero attached hydrogens (tertiary/aromatic N) is 3. The van der Waals surface area contributed by atoms with Crippen molar-refractivity contribution in [3.63, 3.8) is 0 Å². The Morgan fingerprint density at radius 2 is 2.00 bits per heavy atom. The van der Waals surface area contributed by atoms with Gasteiger partial charge in [0.05, 0.1) is 19.6 Å². The highest BCUT2D eigenvalue weighted by molar-refractivity contribution is 5.77. The Morgan fingerprint density at radius 1 is 1.26 bits per heavy atom. The zero-order chi connectivity index (χ0) is 16.5. The van der Waals surface area contributed by atoms with Gasteiger partial charge < -0.3 is 14.4 Å². The first-order valence-corrected chi connectivity index (χ1v) is 7.18. The fourth-order valence-corrected chi connectivity index (χ4v) is 1.94. The molecule has 8 heteroatoms. The molecule has 2 aromatic rings. The zero-order valence-electron chi connectivity index (χ0n) is 12.9. The lowest BCUT2D eigenvalue weighted by Gasteiger charge is -2.22. The normalized spacial score (nSPS) is 10.5.